The fourth-order valence-corrected chi connectivity index (χ4v) is 5.80. The Morgan fingerprint density at radius 2 is 1.95 bits per heavy atom. The van der Waals surface area contributed by atoms with Crippen molar-refractivity contribution in [3.8, 4) is 17.1 Å². The first-order chi connectivity index (χ1) is 18.3. The molecule has 0 fully saturated rings. The number of esters is 1. The van der Waals surface area contributed by atoms with Crippen molar-refractivity contribution in [1.82, 2.24) is 4.57 Å². The molecule has 0 radical (unpaired) electrons. The van der Waals surface area contributed by atoms with Gasteiger partial charge in [0, 0.05) is 17.2 Å². The minimum absolute atomic E-state index is 0.191. The number of nitrogens with zero attached hydrogens (tertiary/aromatic N) is 2. The summed E-state index contributed by atoms with van der Waals surface area (Å²) >= 11 is 13.7. The van der Waals surface area contributed by atoms with Crippen LogP contribution in [-0.2, 0) is 9.53 Å². The molecule has 10 heteroatoms. The number of carbonyl (C=O) groups is 1. The Bertz CT molecular complexity index is 1770. The van der Waals surface area contributed by atoms with Crippen molar-refractivity contribution in [2.45, 2.75) is 19.9 Å². The van der Waals surface area contributed by atoms with Crippen LogP contribution in [0.5, 0.6) is 5.75 Å². The van der Waals surface area contributed by atoms with E-state index in [0.29, 0.717) is 53.5 Å². The van der Waals surface area contributed by atoms with Gasteiger partial charge in [-0.3, -0.25) is 9.36 Å². The first-order valence-electron chi connectivity index (χ1n) is 11.7. The maximum Gasteiger partial charge on any atom is 0.338 e. The molecule has 0 N–H and O–H groups in total. The van der Waals surface area contributed by atoms with Gasteiger partial charge in [0.2, 0.25) is 0 Å². The second kappa shape index (κ2) is 10.6. The lowest BCUT2D eigenvalue weighted by molar-refractivity contribution is -0.139. The molecule has 0 spiro atoms. The van der Waals surface area contributed by atoms with Gasteiger partial charge in [-0.15, -0.1) is 0 Å². The van der Waals surface area contributed by atoms with Gasteiger partial charge in [0.1, 0.15) is 23.3 Å². The number of ether oxygens (including phenoxy) is 2. The van der Waals surface area contributed by atoms with Gasteiger partial charge in [-0.05, 0) is 44.2 Å². The third kappa shape index (κ3) is 4.60. The van der Waals surface area contributed by atoms with E-state index < -0.39 is 12.0 Å². The predicted molar refractivity (Wildman–Crippen MR) is 148 cm³/mol. The number of fused-ring (bicyclic) bond motifs is 1. The third-order valence-electron chi connectivity index (χ3n) is 6.07. The molecule has 0 amide bonds. The minimum atomic E-state index is -0.777. The number of para-hydroxylation sites is 1. The standard InChI is InChI=1S/C28H22Cl2N2O5S/c1-4-36-27(34)23-15(2)31-28-32(25(23)18-8-5-6-11-20(18)35-3)26(33)22(38-28)14-16-12-13-21(37-16)17-9-7-10-19(29)24(17)30/h5-14,25H,4H2,1-3H3/b22-14+/t25-/m0/s1. The molecule has 2 aromatic heterocycles. The highest BCUT2D eigenvalue weighted by Gasteiger charge is 2.35. The van der Waals surface area contributed by atoms with E-state index in [1.54, 1.807) is 63.4 Å². The summed E-state index contributed by atoms with van der Waals surface area (Å²) in [5.41, 5.74) is 1.73. The molecule has 0 saturated carbocycles. The monoisotopic (exact) mass is 568 g/mol. The Morgan fingerprint density at radius 1 is 1.16 bits per heavy atom. The fourth-order valence-electron chi connectivity index (χ4n) is 4.38. The Labute approximate surface area is 231 Å². The van der Waals surface area contributed by atoms with Gasteiger partial charge in [0.05, 0.1) is 39.6 Å². The Morgan fingerprint density at radius 3 is 2.71 bits per heavy atom. The second-order valence-electron chi connectivity index (χ2n) is 8.35. The largest absolute Gasteiger partial charge is 0.496 e. The van der Waals surface area contributed by atoms with Crippen molar-refractivity contribution in [3.63, 3.8) is 0 Å². The third-order valence-corrected chi connectivity index (χ3v) is 7.87. The first-order valence-corrected chi connectivity index (χ1v) is 13.3. The predicted octanol–water partition coefficient (Wildman–Crippen LogP) is 5.37. The molecule has 5 rings (SSSR count). The van der Waals surface area contributed by atoms with Crippen LogP contribution in [0, 0.1) is 0 Å². The highest BCUT2D eigenvalue weighted by atomic mass is 35.5. The lowest BCUT2D eigenvalue weighted by Gasteiger charge is -2.25. The molecular weight excluding hydrogens is 547 g/mol. The number of hydrogen-bond acceptors (Lipinski definition) is 7. The van der Waals surface area contributed by atoms with Gasteiger partial charge < -0.3 is 13.9 Å². The highest BCUT2D eigenvalue weighted by Crippen LogP contribution is 2.36. The zero-order valence-corrected chi connectivity index (χ0v) is 23.0. The molecule has 3 heterocycles. The van der Waals surface area contributed by atoms with Gasteiger partial charge in [-0.1, -0.05) is 58.8 Å². The van der Waals surface area contributed by atoms with E-state index >= 15 is 0 Å². The number of thiazole rings is 1. The van der Waals surface area contributed by atoms with Gasteiger partial charge >= 0.3 is 5.97 Å². The summed E-state index contributed by atoms with van der Waals surface area (Å²) in [6, 6.07) is 15.3. The molecule has 1 aliphatic rings. The molecule has 0 aliphatic carbocycles. The Hall–Kier alpha value is -3.59. The van der Waals surface area contributed by atoms with Crippen LogP contribution in [0.4, 0.5) is 0 Å². The zero-order valence-electron chi connectivity index (χ0n) is 20.7. The van der Waals surface area contributed by atoms with E-state index in [4.69, 9.17) is 37.1 Å². The van der Waals surface area contributed by atoms with Crippen molar-refractivity contribution in [2.24, 2.45) is 4.99 Å². The Kier molecular flexibility index (Phi) is 7.29. The molecule has 4 aromatic rings. The molecule has 194 valence electrons. The van der Waals surface area contributed by atoms with Crippen LogP contribution in [0.25, 0.3) is 17.4 Å². The number of carbonyl (C=O) groups excluding carboxylic acids is 1. The molecule has 7 nitrogen and oxygen atoms in total. The highest BCUT2D eigenvalue weighted by molar-refractivity contribution is 7.07. The molecule has 0 unspecified atom stereocenters. The number of allylic oxidation sites excluding steroid dienone is 1. The van der Waals surface area contributed by atoms with E-state index in [0.717, 1.165) is 0 Å². The zero-order chi connectivity index (χ0) is 27.0. The van der Waals surface area contributed by atoms with Crippen LogP contribution in [0.3, 0.4) is 0 Å². The maximum atomic E-state index is 13.8. The summed E-state index contributed by atoms with van der Waals surface area (Å²) in [5, 5.41) is 0.799. The number of hydrogen-bond donors (Lipinski definition) is 0. The summed E-state index contributed by atoms with van der Waals surface area (Å²) in [4.78, 5) is 31.9. The van der Waals surface area contributed by atoms with Crippen molar-refractivity contribution < 1.29 is 18.7 Å². The summed E-state index contributed by atoms with van der Waals surface area (Å²) < 4.78 is 18.8. The van der Waals surface area contributed by atoms with E-state index in [2.05, 4.69) is 4.99 Å². The quantitative estimate of drug-likeness (QED) is 0.292. The van der Waals surface area contributed by atoms with Gasteiger partial charge in [0.25, 0.3) is 5.56 Å². The van der Waals surface area contributed by atoms with Crippen LogP contribution in [0.2, 0.25) is 10.0 Å². The van der Waals surface area contributed by atoms with Crippen molar-refractivity contribution >= 4 is 46.6 Å². The average Bonchev–Trinajstić information content (AvgIpc) is 3.49. The molecular formula is C28H22Cl2N2O5S. The number of halogens is 2. The summed E-state index contributed by atoms with van der Waals surface area (Å²) in [7, 11) is 1.55. The average molecular weight is 569 g/mol. The molecule has 1 atom stereocenters. The lowest BCUT2D eigenvalue weighted by atomic mass is 9.95. The molecule has 38 heavy (non-hydrogen) atoms. The van der Waals surface area contributed by atoms with Crippen LogP contribution >= 0.6 is 34.5 Å². The normalized spacial score (nSPS) is 15.3. The van der Waals surface area contributed by atoms with Crippen molar-refractivity contribution in [1.29, 1.82) is 0 Å². The SMILES string of the molecule is CCOC(=O)C1=C(C)N=c2s/c(=C/c3ccc(-c4cccc(Cl)c4Cl)o3)c(=O)n2[C@H]1c1ccccc1OC. The lowest BCUT2D eigenvalue weighted by Crippen LogP contribution is -2.40. The van der Waals surface area contributed by atoms with Gasteiger partial charge in [-0.25, -0.2) is 9.79 Å². The summed E-state index contributed by atoms with van der Waals surface area (Å²) in [6.07, 6.45) is 1.65. The van der Waals surface area contributed by atoms with Gasteiger partial charge in [0.15, 0.2) is 4.80 Å². The summed E-state index contributed by atoms with van der Waals surface area (Å²) in [6.45, 7) is 3.66. The van der Waals surface area contributed by atoms with Crippen LogP contribution in [0.1, 0.15) is 31.2 Å². The Balaban J connectivity index is 1.67. The molecule has 0 bridgehead atoms. The van der Waals surface area contributed by atoms with Crippen molar-refractivity contribution in [3.05, 3.63) is 107 Å². The maximum absolute atomic E-state index is 13.8. The number of furan rings is 1. The van der Waals surface area contributed by atoms with E-state index in [-0.39, 0.29) is 17.7 Å². The van der Waals surface area contributed by atoms with Crippen LogP contribution in [-0.4, -0.2) is 24.3 Å². The van der Waals surface area contributed by atoms with E-state index in [1.165, 1.54) is 15.9 Å². The summed E-state index contributed by atoms with van der Waals surface area (Å²) in [5.74, 6) is 0.978. The second-order valence-corrected chi connectivity index (χ2v) is 10.1. The van der Waals surface area contributed by atoms with E-state index in [1.807, 2.05) is 18.2 Å². The van der Waals surface area contributed by atoms with Crippen LogP contribution in [0.15, 0.2) is 80.1 Å². The smallest absolute Gasteiger partial charge is 0.338 e. The topological polar surface area (TPSA) is 83.0 Å². The fraction of sp³-hybridized carbons (Fsp3) is 0.179. The molecule has 0 saturated heterocycles. The van der Waals surface area contributed by atoms with Crippen LogP contribution < -0.4 is 19.6 Å². The number of benzene rings is 2. The number of rotatable bonds is 6. The number of methoxy groups -OCH3 is 1. The van der Waals surface area contributed by atoms with Gasteiger partial charge in [-0.2, -0.15) is 0 Å². The van der Waals surface area contributed by atoms with Crippen molar-refractivity contribution in [2.75, 3.05) is 13.7 Å². The van der Waals surface area contributed by atoms with E-state index in [9.17, 15) is 9.59 Å². The number of aromatic nitrogens is 1. The minimum Gasteiger partial charge on any atom is -0.496 e. The molecule has 2 aromatic carbocycles. The first kappa shape index (κ1) is 26.0. The molecule has 1 aliphatic heterocycles.